The first-order valence-electron chi connectivity index (χ1n) is 9.45. The maximum absolute atomic E-state index is 12.1. The van der Waals surface area contributed by atoms with Gasteiger partial charge in [-0.15, -0.1) is 0 Å². The molecule has 0 unspecified atom stereocenters. The minimum Gasteiger partial charge on any atom is -0.490 e. The van der Waals surface area contributed by atoms with E-state index in [-0.39, 0.29) is 13.2 Å². The zero-order valence-corrected chi connectivity index (χ0v) is 21.1. The average molecular weight is 604 g/mol. The zero-order valence-electron chi connectivity index (χ0n) is 17.3. The van der Waals surface area contributed by atoms with Gasteiger partial charge >= 0.3 is 12.0 Å². The molecule has 0 aliphatic carbocycles. The smallest absolute Gasteiger partial charge is 0.344 e. The SMILES string of the molecule is CCOC(=O)COc1c(I)cc(/C=N/NC(=O)Nc2ccc(Br)c(C)c2)cc1OCC. The monoisotopic (exact) mass is 603 g/mol. The van der Waals surface area contributed by atoms with Crippen LogP contribution < -0.4 is 20.2 Å². The van der Waals surface area contributed by atoms with Gasteiger partial charge in [-0.2, -0.15) is 5.10 Å². The van der Waals surface area contributed by atoms with E-state index in [0.29, 0.717) is 29.4 Å². The maximum Gasteiger partial charge on any atom is 0.344 e. The van der Waals surface area contributed by atoms with Crippen LogP contribution in [0.15, 0.2) is 39.9 Å². The molecule has 2 amide bonds. The summed E-state index contributed by atoms with van der Waals surface area (Å²) >= 11 is 5.50. The quantitative estimate of drug-likeness (QED) is 0.185. The predicted octanol–water partition coefficient (Wildman–Crippen LogP) is 4.86. The van der Waals surface area contributed by atoms with Crippen molar-refractivity contribution in [3.63, 3.8) is 0 Å². The average Bonchev–Trinajstić information content (AvgIpc) is 2.70. The van der Waals surface area contributed by atoms with Gasteiger partial charge in [-0.25, -0.2) is 15.0 Å². The number of benzene rings is 2. The van der Waals surface area contributed by atoms with Gasteiger partial charge in [-0.05, 0) is 84.8 Å². The Morgan fingerprint density at radius 1 is 1.16 bits per heavy atom. The number of hydrogen-bond acceptors (Lipinski definition) is 6. The summed E-state index contributed by atoms with van der Waals surface area (Å²) in [6, 6.07) is 8.53. The van der Waals surface area contributed by atoms with E-state index in [2.05, 4.69) is 54.4 Å². The minimum atomic E-state index is -0.466. The van der Waals surface area contributed by atoms with Gasteiger partial charge in [-0.1, -0.05) is 15.9 Å². The van der Waals surface area contributed by atoms with Gasteiger partial charge in [0.15, 0.2) is 18.1 Å². The number of nitrogens with one attached hydrogen (secondary N) is 2. The third kappa shape index (κ3) is 8.02. The molecule has 2 aromatic rings. The number of rotatable bonds is 9. The number of urea groups is 1. The van der Waals surface area contributed by atoms with Crippen LogP contribution in [0.5, 0.6) is 11.5 Å². The molecule has 8 nitrogen and oxygen atoms in total. The molecule has 0 heterocycles. The number of hydrogen-bond donors (Lipinski definition) is 2. The second-order valence-electron chi connectivity index (χ2n) is 6.14. The second kappa shape index (κ2) is 12.5. The molecule has 2 aromatic carbocycles. The highest BCUT2D eigenvalue weighted by Crippen LogP contribution is 2.34. The fourth-order valence-corrected chi connectivity index (χ4v) is 3.47. The molecule has 0 aliphatic rings. The van der Waals surface area contributed by atoms with Crippen molar-refractivity contribution >= 4 is 62.4 Å². The fraction of sp³-hybridized carbons (Fsp3) is 0.286. The lowest BCUT2D eigenvalue weighted by Crippen LogP contribution is -2.24. The van der Waals surface area contributed by atoms with Crippen molar-refractivity contribution in [3.8, 4) is 11.5 Å². The molecule has 0 radical (unpaired) electrons. The summed E-state index contributed by atoms with van der Waals surface area (Å²) in [5.74, 6) is 0.460. The Morgan fingerprint density at radius 3 is 2.61 bits per heavy atom. The van der Waals surface area contributed by atoms with Crippen LogP contribution in [0.25, 0.3) is 0 Å². The number of ether oxygens (including phenoxy) is 3. The van der Waals surface area contributed by atoms with Crippen LogP contribution >= 0.6 is 38.5 Å². The highest BCUT2D eigenvalue weighted by molar-refractivity contribution is 14.1. The molecular formula is C21H23BrIN3O5. The van der Waals surface area contributed by atoms with Crippen molar-refractivity contribution in [2.45, 2.75) is 20.8 Å². The molecule has 0 saturated carbocycles. The summed E-state index contributed by atoms with van der Waals surface area (Å²) in [5, 5.41) is 6.69. The summed E-state index contributed by atoms with van der Waals surface area (Å²) < 4.78 is 17.8. The lowest BCUT2D eigenvalue weighted by atomic mass is 10.2. The largest absolute Gasteiger partial charge is 0.490 e. The Labute approximate surface area is 203 Å². The summed E-state index contributed by atoms with van der Waals surface area (Å²) in [7, 11) is 0. The van der Waals surface area contributed by atoms with Crippen LogP contribution in [-0.4, -0.2) is 38.0 Å². The van der Waals surface area contributed by atoms with Crippen molar-refractivity contribution in [2.75, 3.05) is 25.1 Å². The number of halogens is 2. The number of carbonyl (C=O) groups excluding carboxylic acids is 2. The van der Waals surface area contributed by atoms with Gasteiger partial charge in [0.2, 0.25) is 0 Å². The van der Waals surface area contributed by atoms with E-state index in [9.17, 15) is 9.59 Å². The molecule has 0 bridgehead atoms. The molecule has 2 rings (SSSR count). The van der Waals surface area contributed by atoms with Gasteiger partial charge in [0.1, 0.15) is 0 Å². The first kappa shape index (κ1) is 24.9. The molecule has 10 heteroatoms. The molecule has 0 aromatic heterocycles. The van der Waals surface area contributed by atoms with Crippen LogP contribution in [0.3, 0.4) is 0 Å². The fourth-order valence-electron chi connectivity index (χ4n) is 2.45. The van der Waals surface area contributed by atoms with Gasteiger partial charge in [0.05, 0.1) is 23.0 Å². The van der Waals surface area contributed by atoms with Crippen LogP contribution in [0, 0.1) is 10.5 Å². The van der Waals surface area contributed by atoms with E-state index >= 15 is 0 Å². The molecule has 0 aliphatic heterocycles. The van der Waals surface area contributed by atoms with Crippen LogP contribution in [-0.2, 0) is 9.53 Å². The van der Waals surface area contributed by atoms with E-state index in [1.807, 2.05) is 26.0 Å². The van der Waals surface area contributed by atoms with E-state index < -0.39 is 12.0 Å². The first-order valence-corrected chi connectivity index (χ1v) is 11.3. The zero-order chi connectivity index (χ0) is 22.8. The molecule has 0 atom stereocenters. The Bertz CT molecular complexity index is 968. The highest BCUT2D eigenvalue weighted by atomic mass is 127. The maximum atomic E-state index is 12.1. The van der Waals surface area contributed by atoms with Crippen LogP contribution in [0.1, 0.15) is 25.0 Å². The first-order chi connectivity index (χ1) is 14.8. The molecule has 0 spiro atoms. The second-order valence-corrected chi connectivity index (χ2v) is 8.16. The van der Waals surface area contributed by atoms with Crippen molar-refractivity contribution < 1.29 is 23.8 Å². The molecule has 0 fully saturated rings. The van der Waals surface area contributed by atoms with Crippen molar-refractivity contribution in [1.29, 1.82) is 0 Å². The topological polar surface area (TPSA) is 98.3 Å². The molecule has 31 heavy (non-hydrogen) atoms. The molecule has 2 N–H and O–H groups in total. The summed E-state index contributed by atoms with van der Waals surface area (Å²) in [5.41, 5.74) is 4.78. The van der Waals surface area contributed by atoms with Crippen LogP contribution in [0.4, 0.5) is 10.5 Å². The summed E-state index contributed by atoms with van der Waals surface area (Å²) in [6.07, 6.45) is 1.49. The van der Waals surface area contributed by atoms with Gasteiger partial charge in [-0.3, -0.25) is 0 Å². The highest BCUT2D eigenvalue weighted by Gasteiger charge is 2.14. The van der Waals surface area contributed by atoms with Crippen molar-refractivity contribution in [2.24, 2.45) is 5.10 Å². The third-order valence-corrected chi connectivity index (χ3v) is 5.46. The lowest BCUT2D eigenvalue weighted by molar-refractivity contribution is -0.145. The van der Waals surface area contributed by atoms with Gasteiger partial charge in [0, 0.05) is 10.2 Å². The Hall–Kier alpha value is -2.34. The number of amides is 2. The van der Waals surface area contributed by atoms with E-state index in [0.717, 1.165) is 13.6 Å². The standard InChI is InChI=1S/C21H23BrIN3O5/c1-4-29-18-10-14(9-17(23)20(18)31-12-19(27)30-5-2)11-24-26-21(28)25-15-6-7-16(22)13(3)8-15/h6-11H,4-5,12H2,1-3H3,(H2,25,26,28)/b24-11+. The van der Waals surface area contributed by atoms with Gasteiger partial charge in [0.25, 0.3) is 0 Å². The molecular weight excluding hydrogens is 581 g/mol. The van der Waals surface area contributed by atoms with Crippen molar-refractivity contribution in [1.82, 2.24) is 5.43 Å². The Kier molecular flexibility index (Phi) is 10.0. The Balaban J connectivity index is 2.04. The Morgan fingerprint density at radius 2 is 1.94 bits per heavy atom. The van der Waals surface area contributed by atoms with E-state index in [4.69, 9.17) is 14.2 Å². The molecule has 0 saturated heterocycles. The lowest BCUT2D eigenvalue weighted by Gasteiger charge is -2.14. The number of anilines is 1. The number of hydrazone groups is 1. The molecule has 166 valence electrons. The van der Waals surface area contributed by atoms with E-state index in [1.165, 1.54) is 6.21 Å². The van der Waals surface area contributed by atoms with Crippen LogP contribution in [0.2, 0.25) is 0 Å². The summed E-state index contributed by atoms with van der Waals surface area (Å²) in [4.78, 5) is 23.6. The van der Waals surface area contributed by atoms with E-state index in [1.54, 1.807) is 25.1 Å². The third-order valence-electron chi connectivity index (χ3n) is 3.77. The minimum absolute atomic E-state index is 0.214. The predicted molar refractivity (Wildman–Crippen MR) is 131 cm³/mol. The van der Waals surface area contributed by atoms with Gasteiger partial charge < -0.3 is 19.5 Å². The number of aryl methyl sites for hydroxylation is 1. The normalized spacial score (nSPS) is 10.6. The number of carbonyl (C=O) groups is 2. The number of esters is 1. The number of nitrogens with zero attached hydrogens (tertiary/aromatic N) is 1. The summed E-state index contributed by atoms with van der Waals surface area (Å²) in [6.45, 7) is 6.00. The van der Waals surface area contributed by atoms with Crippen molar-refractivity contribution in [3.05, 3.63) is 49.5 Å².